The molecule has 0 aliphatic heterocycles. The third kappa shape index (κ3) is 7.14. The first-order chi connectivity index (χ1) is 17.9. The highest BCUT2D eigenvalue weighted by Gasteiger charge is 2.20. The number of aromatic nitrogens is 3. The number of rotatable bonds is 13. The largest absolute Gasteiger partial charge is 0.493 e. The normalized spacial score (nSPS) is 10.6. The Morgan fingerprint density at radius 3 is 2.00 bits per heavy atom. The van der Waals surface area contributed by atoms with Crippen molar-refractivity contribution in [3.8, 4) is 28.6 Å². The van der Waals surface area contributed by atoms with E-state index in [2.05, 4.69) is 20.8 Å². The van der Waals surface area contributed by atoms with E-state index in [4.69, 9.17) is 18.9 Å². The molecule has 2 N–H and O–H groups in total. The molecular weight excluding hydrogens is 498 g/mol. The van der Waals surface area contributed by atoms with Gasteiger partial charge in [0, 0.05) is 30.5 Å². The maximum absolute atomic E-state index is 12.6. The quantitative estimate of drug-likeness (QED) is 0.319. The van der Waals surface area contributed by atoms with Crippen LogP contribution in [0.15, 0.2) is 41.6 Å². The van der Waals surface area contributed by atoms with Gasteiger partial charge in [-0.25, -0.2) is 0 Å². The Kier molecular flexibility index (Phi) is 10.2. The van der Waals surface area contributed by atoms with Crippen molar-refractivity contribution in [2.75, 3.05) is 51.4 Å². The Labute approximate surface area is 219 Å². The number of thioether (sulfide) groups is 1. The molecule has 0 bridgehead atoms. The summed E-state index contributed by atoms with van der Waals surface area (Å²) in [4.78, 5) is 24.1. The Hall–Kier alpha value is -3.77. The molecule has 12 heteroatoms. The summed E-state index contributed by atoms with van der Waals surface area (Å²) >= 11 is 1.26. The van der Waals surface area contributed by atoms with Crippen LogP contribution < -0.4 is 24.8 Å². The number of carbonyl (C=O) groups is 2. The molecule has 2 aromatic carbocycles. The molecule has 1 aromatic heterocycles. The number of nitrogens with zero attached hydrogens (tertiary/aromatic N) is 3. The number of anilines is 2. The maximum atomic E-state index is 12.6. The van der Waals surface area contributed by atoms with E-state index >= 15 is 0 Å². The average Bonchev–Trinajstić information content (AvgIpc) is 3.33. The van der Waals surface area contributed by atoms with Crippen LogP contribution in [-0.2, 0) is 20.9 Å². The van der Waals surface area contributed by atoms with Gasteiger partial charge >= 0.3 is 0 Å². The summed E-state index contributed by atoms with van der Waals surface area (Å²) in [5.41, 5.74) is 2.01. The number of amides is 2. The number of hydrogen-bond acceptors (Lipinski definition) is 9. The fraction of sp³-hybridized carbons (Fsp3) is 0.360. The van der Waals surface area contributed by atoms with Gasteiger partial charge in [-0.3, -0.25) is 14.2 Å². The number of ether oxygens (including phenoxy) is 4. The monoisotopic (exact) mass is 529 g/mol. The van der Waals surface area contributed by atoms with E-state index in [9.17, 15) is 9.59 Å². The van der Waals surface area contributed by atoms with Gasteiger partial charge in [0.1, 0.15) is 0 Å². The zero-order valence-corrected chi connectivity index (χ0v) is 22.3. The number of hydrogen-bond donors (Lipinski definition) is 2. The second kappa shape index (κ2) is 13.5. The SMILES string of the molecule is CCC(=O)Nc1ccc(NC(=O)CSc2nnc(-c3cc(OC)c(OC)c(OC)c3)n2CCOC)cc1. The second-order valence-electron chi connectivity index (χ2n) is 7.68. The van der Waals surface area contributed by atoms with E-state index in [0.29, 0.717) is 64.7 Å². The molecule has 0 aliphatic carbocycles. The van der Waals surface area contributed by atoms with Gasteiger partial charge in [-0.05, 0) is 36.4 Å². The first-order valence-corrected chi connectivity index (χ1v) is 12.5. The average molecular weight is 530 g/mol. The highest BCUT2D eigenvalue weighted by molar-refractivity contribution is 7.99. The van der Waals surface area contributed by atoms with Crippen LogP contribution in [0.2, 0.25) is 0 Å². The van der Waals surface area contributed by atoms with Crippen molar-refractivity contribution in [1.29, 1.82) is 0 Å². The van der Waals surface area contributed by atoms with Gasteiger partial charge in [-0.15, -0.1) is 10.2 Å². The number of benzene rings is 2. The summed E-state index contributed by atoms with van der Waals surface area (Å²) in [7, 11) is 6.25. The molecule has 0 aliphatic rings. The minimum atomic E-state index is -0.203. The first-order valence-electron chi connectivity index (χ1n) is 11.5. The summed E-state index contributed by atoms with van der Waals surface area (Å²) in [5, 5.41) is 14.9. The van der Waals surface area contributed by atoms with Crippen LogP contribution in [0.5, 0.6) is 17.2 Å². The molecular formula is C25H31N5O6S. The van der Waals surface area contributed by atoms with Crippen LogP contribution in [0.4, 0.5) is 11.4 Å². The van der Waals surface area contributed by atoms with Crippen molar-refractivity contribution < 1.29 is 28.5 Å². The Bertz CT molecular complexity index is 1190. The highest BCUT2D eigenvalue weighted by atomic mass is 32.2. The van der Waals surface area contributed by atoms with E-state index in [1.165, 1.54) is 11.8 Å². The molecule has 3 rings (SSSR count). The van der Waals surface area contributed by atoms with Crippen molar-refractivity contribution in [3.63, 3.8) is 0 Å². The lowest BCUT2D eigenvalue weighted by Gasteiger charge is -2.15. The molecule has 198 valence electrons. The van der Waals surface area contributed by atoms with Crippen LogP contribution in [-0.4, -0.2) is 67.4 Å². The molecule has 37 heavy (non-hydrogen) atoms. The van der Waals surface area contributed by atoms with Crippen molar-refractivity contribution in [3.05, 3.63) is 36.4 Å². The minimum Gasteiger partial charge on any atom is -0.493 e. The Morgan fingerprint density at radius 2 is 1.49 bits per heavy atom. The van der Waals surface area contributed by atoms with Gasteiger partial charge in [0.25, 0.3) is 0 Å². The van der Waals surface area contributed by atoms with Crippen LogP contribution in [0.1, 0.15) is 13.3 Å². The lowest BCUT2D eigenvalue weighted by molar-refractivity contribution is -0.116. The number of methoxy groups -OCH3 is 4. The van der Waals surface area contributed by atoms with Crippen LogP contribution in [0.3, 0.4) is 0 Å². The van der Waals surface area contributed by atoms with E-state index < -0.39 is 0 Å². The van der Waals surface area contributed by atoms with Crippen molar-refractivity contribution in [1.82, 2.24) is 14.8 Å². The number of carbonyl (C=O) groups excluding carboxylic acids is 2. The van der Waals surface area contributed by atoms with Crippen LogP contribution in [0.25, 0.3) is 11.4 Å². The van der Waals surface area contributed by atoms with Gasteiger partial charge in [0.15, 0.2) is 22.5 Å². The molecule has 11 nitrogen and oxygen atoms in total. The molecule has 0 radical (unpaired) electrons. The third-order valence-electron chi connectivity index (χ3n) is 5.26. The molecule has 0 saturated carbocycles. The van der Waals surface area contributed by atoms with E-state index in [1.807, 2.05) is 4.57 Å². The van der Waals surface area contributed by atoms with Gasteiger partial charge in [0.05, 0.1) is 40.2 Å². The van der Waals surface area contributed by atoms with Gasteiger partial charge in [-0.2, -0.15) is 0 Å². The van der Waals surface area contributed by atoms with E-state index in [0.717, 1.165) is 0 Å². The second-order valence-corrected chi connectivity index (χ2v) is 8.62. The molecule has 1 heterocycles. The molecule has 0 unspecified atom stereocenters. The summed E-state index contributed by atoms with van der Waals surface area (Å²) in [5.74, 6) is 1.88. The lowest BCUT2D eigenvalue weighted by atomic mass is 10.1. The summed E-state index contributed by atoms with van der Waals surface area (Å²) < 4.78 is 23.5. The molecule has 0 atom stereocenters. The Morgan fingerprint density at radius 1 is 0.892 bits per heavy atom. The smallest absolute Gasteiger partial charge is 0.234 e. The van der Waals surface area contributed by atoms with Crippen LogP contribution >= 0.6 is 11.8 Å². The van der Waals surface area contributed by atoms with Crippen molar-refractivity contribution in [2.24, 2.45) is 0 Å². The van der Waals surface area contributed by atoms with E-state index in [-0.39, 0.29) is 17.6 Å². The molecule has 3 aromatic rings. The Balaban J connectivity index is 1.75. The summed E-state index contributed by atoms with van der Waals surface area (Å²) in [6.45, 7) is 2.69. The topological polar surface area (TPSA) is 126 Å². The number of nitrogens with one attached hydrogen (secondary N) is 2. The zero-order valence-electron chi connectivity index (χ0n) is 21.5. The minimum absolute atomic E-state index is 0.0725. The van der Waals surface area contributed by atoms with Crippen molar-refractivity contribution >= 4 is 35.0 Å². The highest BCUT2D eigenvalue weighted by Crippen LogP contribution is 2.41. The summed E-state index contributed by atoms with van der Waals surface area (Å²) in [6, 6.07) is 10.5. The van der Waals surface area contributed by atoms with Gasteiger partial charge in [-0.1, -0.05) is 18.7 Å². The van der Waals surface area contributed by atoms with Crippen molar-refractivity contribution in [2.45, 2.75) is 25.0 Å². The molecule has 0 fully saturated rings. The van der Waals surface area contributed by atoms with Crippen LogP contribution in [0, 0.1) is 0 Å². The fourth-order valence-electron chi connectivity index (χ4n) is 3.42. The predicted molar refractivity (Wildman–Crippen MR) is 142 cm³/mol. The predicted octanol–water partition coefficient (Wildman–Crippen LogP) is 3.70. The van der Waals surface area contributed by atoms with Gasteiger partial charge in [0.2, 0.25) is 17.6 Å². The standard InChI is InChI=1S/C25H31N5O6S/c1-6-21(31)26-17-7-9-18(10-8-17)27-22(32)15-37-25-29-28-24(30(25)11-12-33-2)16-13-19(34-3)23(36-5)20(14-16)35-4/h7-10,13-14H,6,11-12,15H2,1-5H3,(H,26,31)(H,27,32). The van der Waals surface area contributed by atoms with Gasteiger partial charge < -0.3 is 29.6 Å². The zero-order chi connectivity index (χ0) is 26.8. The van der Waals surface area contributed by atoms with E-state index in [1.54, 1.807) is 71.8 Å². The fourth-order valence-corrected chi connectivity index (χ4v) is 4.18. The molecule has 2 amide bonds. The summed E-state index contributed by atoms with van der Waals surface area (Å²) in [6.07, 6.45) is 0.395. The third-order valence-corrected chi connectivity index (χ3v) is 6.23. The first kappa shape index (κ1) is 27.8. The maximum Gasteiger partial charge on any atom is 0.234 e. The lowest BCUT2D eigenvalue weighted by Crippen LogP contribution is -2.15. The molecule has 0 spiro atoms. The molecule has 0 saturated heterocycles.